The minimum Gasteiger partial charge on any atom is -0.380 e. The van der Waals surface area contributed by atoms with Crippen molar-refractivity contribution in [3.05, 3.63) is 47.9 Å². The zero-order valence-electron chi connectivity index (χ0n) is 13.3. The van der Waals surface area contributed by atoms with Crippen molar-refractivity contribution in [2.75, 3.05) is 17.2 Å². The maximum atomic E-state index is 12.3. The average molecular weight is 298 g/mol. The van der Waals surface area contributed by atoms with E-state index in [1.807, 2.05) is 25.1 Å². The Balaban J connectivity index is 2.16. The average Bonchev–Trinajstić information content (AvgIpc) is 2.54. The molecule has 0 aliphatic heterocycles. The third-order valence-corrected chi connectivity index (χ3v) is 3.63. The molecule has 2 aromatic rings. The van der Waals surface area contributed by atoms with E-state index in [1.165, 1.54) is 6.33 Å². The van der Waals surface area contributed by atoms with Crippen LogP contribution in [-0.4, -0.2) is 22.4 Å². The number of nitrogens with one attached hydrogen (secondary N) is 2. The van der Waals surface area contributed by atoms with E-state index in [-0.39, 0.29) is 5.91 Å². The van der Waals surface area contributed by atoms with Gasteiger partial charge in [0, 0.05) is 12.1 Å². The number of amides is 1. The number of carbonyl (C=O) groups is 1. The van der Waals surface area contributed by atoms with Crippen molar-refractivity contribution in [3.63, 3.8) is 0 Å². The highest BCUT2D eigenvalue weighted by atomic mass is 16.1. The van der Waals surface area contributed by atoms with Gasteiger partial charge in [0.05, 0.1) is 11.4 Å². The standard InChI is InChI=1S/C17H22N4O/c1-4-12(2)10-18-15-13(3)19-11-20-16(15)21-17(22)14-8-6-5-7-9-14/h5-9,11-12,18H,4,10H2,1-3H3,(H,19,20,21,22). The third-order valence-electron chi connectivity index (χ3n) is 3.63. The fourth-order valence-electron chi connectivity index (χ4n) is 1.97. The Hall–Kier alpha value is -2.43. The highest BCUT2D eigenvalue weighted by Gasteiger charge is 2.13. The number of rotatable bonds is 6. The topological polar surface area (TPSA) is 66.9 Å². The van der Waals surface area contributed by atoms with E-state index in [0.717, 1.165) is 24.3 Å². The fourth-order valence-corrected chi connectivity index (χ4v) is 1.97. The van der Waals surface area contributed by atoms with Crippen molar-refractivity contribution < 1.29 is 4.79 Å². The van der Waals surface area contributed by atoms with E-state index in [9.17, 15) is 4.79 Å². The van der Waals surface area contributed by atoms with Crippen LogP contribution in [0.1, 0.15) is 36.3 Å². The van der Waals surface area contributed by atoms with Gasteiger partial charge in [0.15, 0.2) is 5.82 Å². The second-order valence-corrected chi connectivity index (χ2v) is 5.40. The van der Waals surface area contributed by atoms with E-state index in [4.69, 9.17) is 0 Å². The Morgan fingerprint density at radius 2 is 1.95 bits per heavy atom. The summed E-state index contributed by atoms with van der Waals surface area (Å²) in [7, 11) is 0. The molecule has 1 amide bonds. The number of carbonyl (C=O) groups excluding carboxylic acids is 1. The van der Waals surface area contributed by atoms with Crippen LogP contribution in [0.3, 0.4) is 0 Å². The monoisotopic (exact) mass is 298 g/mol. The zero-order valence-corrected chi connectivity index (χ0v) is 13.3. The Labute approximate surface area is 131 Å². The van der Waals surface area contributed by atoms with Crippen LogP contribution < -0.4 is 10.6 Å². The lowest BCUT2D eigenvalue weighted by atomic mass is 10.1. The predicted octanol–water partition coefficient (Wildman–Crippen LogP) is 3.50. The summed E-state index contributed by atoms with van der Waals surface area (Å²) in [5.74, 6) is 0.882. The van der Waals surface area contributed by atoms with Gasteiger partial charge >= 0.3 is 0 Å². The van der Waals surface area contributed by atoms with Gasteiger partial charge in [0.2, 0.25) is 0 Å². The van der Waals surface area contributed by atoms with E-state index < -0.39 is 0 Å². The summed E-state index contributed by atoms with van der Waals surface area (Å²) < 4.78 is 0. The molecule has 1 heterocycles. The number of aromatic nitrogens is 2. The molecule has 1 aromatic carbocycles. The summed E-state index contributed by atoms with van der Waals surface area (Å²) in [5.41, 5.74) is 2.21. The van der Waals surface area contributed by atoms with Crippen LogP contribution in [0.4, 0.5) is 11.5 Å². The smallest absolute Gasteiger partial charge is 0.256 e. The highest BCUT2D eigenvalue weighted by molar-refractivity contribution is 6.05. The summed E-state index contributed by atoms with van der Waals surface area (Å²) in [4.78, 5) is 20.7. The van der Waals surface area contributed by atoms with Gasteiger partial charge in [-0.3, -0.25) is 4.79 Å². The SMILES string of the molecule is CCC(C)CNc1c(C)ncnc1NC(=O)c1ccccc1. The summed E-state index contributed by atoms with van der Waals surface area (Å²) in [6.07, 6.45) is 2.55. The molecule has 1 aromatic heterocycles. The lowest BCUT2D eigenvalue weighted by Crippen LogP contribution is -2.18. The molecule has 2 N–H and O–H groups in total. The zero-order chi connectivity index (χ0) is 15.9. The maximum Gasteiger partial charge on any atom is 0.256 e. The summed E-state index contributed by atoms with van der Waals surface area (Å²) in [5, 5.41) is 6.21. The molecule has 0 aliphatic rings. The first kappa shape index (κ1) is 15.9. The number of nitrogens with zero attached hydrogens (tertiary/aromatic N) is 2. The first-order chi connectivity index (χ1) is 10.6. The number of hydrogen-bond acceptors (Lipinski definition) is 4. The molecular weight excluding hydrogens is 276 g/mol. The first-order valence-corrected chi connectivity index (χ1v) is 7.53. The second kappa shape index (κ2) is 7.54. The maximum absolute atomic E-state index is 12.3. The minimum absolute atomic E-state index is 0.176. The van der Waals surface area contributed by atoms with Crippen LogP contribution in [0.2, 0.25) is 0 Å². The summed E-state index contributed by atoms with van der Waals surface area (Å²) >= 11 is 0. The Morgan fingerprint density at radius 1 is 1.23 bits per heavy atom. The van der Waals surface area contributed by atoms with Gasteiger partial charge in [0.1, 0.15) is 6.33 Å². The molecule has 1 unspecified atom stereocenters. The van der Waals surface area contributed by atoms with Crippen molar-refractivity contribution in [2.45, 2.75) is 27.2 Å². The van der Waals surface area contributed by atoms with Gasteiger partial charge in [-0.25, -0.2) is 9.97 Å². The molecule has 0 saturated carbocycles. The van der Waals surface area contributed by atoms with E-state index in [0.29, 0.717) is 17.3 Å². The molecule has 0 fully saturated rings. The van der Waals surface area contributed by atoms with Gasteiger partial charge in [-0.05, 0) is 25.0 Å². The van der Waals surface area contributed by atoms with Crippen molar-refractivity contribution in [3.8, 4) is 0 Å². The van der Waals surface area contributed by atoms with Crippen molar-refractivity contribution >= 4 is 17.4 Å². The molecule has 5 nitrogen and oxygen atoms in total. The minimum atomic E-state index is -0.176. The lowest BCUT2D eigenvalue weighted by Gasteiger charge is -2.16. The normalized spacial score (nSPS) is 11.8. The Morgan fingerprint density at radius 3 is 2.64 bits per heavy atom. The Kier molecular flexibility index (Phi) is 5.47. The number of hydrogen-bond donors (Lipinski definition) is 2. The largest absolute Gasteiger partial charge is 0.380 e. The number of benzene rings is 1. The Bertz CT molecular complexity index is 628. The van der Waals surface area contributed by atoms with E-state index in [2.05, 4.69) is 34.4 Å². The van der Waals surface area contributed by atoms with Gasteiger partial charge in [-0.15, -0.1) is 0 Å². The molecular formula is C17H22N4O. The quantitative estimate of drug-likeness (QED) is 0.856. The fraction of sp³-hybridized carbons (Fsp3) is 0.353. The molecule has 0 saturated heterocycles. The van der Waals surface area contributed by atoms with Crippen LogP contribution in [0.25, 0.3) is 0 Å². The van der Waals surface area contributed by atoms with Crippen molar-refractivity contribution in [2.24, 2.45) is 5.92 Å². The number of aryl methyl sites for hydroxylation is 1. The third kappa shape index (κ3) is 4.04. The summed E-state index contributed by atoms with van der Waals surface area (Å²) in [6, 6.07) is 9.10. The van der Waals surface area contributed by atoms with Gasteiger partial charge in [0.25, 0.3) is 5.91 Å². The van der Waals surface area contributed by atoms with Crippen molar-refractivity contribution in [1.29, 1.82) is 0 Å². The van der Waals surface area contributed by atoms with Gasteiger partial charge in [-0.2, -0.15) is 0 Å². The van der Waals surface area contributed by atoms with Crippen molar-refractivity contribution in [1.82, 2.24) is 9.97 Å². The molecule has 22 heavy (non-hydrogen) atoms. The highest BCUT2D eigenvalue weighted by Crippen LogP contribution is 2.22. The predicted molar refractivity (Wildman–Crippen MR) is 89.1 cm³/mol. The molecule has 116 valence electrons. The van der Waals surface area contributed by atoms with E-state index >= 15 is 0 Å². The summed E-state index contributed by atoms with van der Waals surface area (Å²) in [6.45, 7) is 7.05. The second-order valence-electron chi connectivity index (χ2n) is 5.40. The van der Waals surface area contributed by atoms with E-state index in [1.54, 1.807) is 12.1 Å². The van der Waals surface area contributed by atoms with Crippen LogP contribution >= 0.6 is 0 Å². The van der Waals surface area contributed by atoms with Crippen LogP contribution in [-0.2, 0) is 0 Å². The molecule has 5 heteroatoms. The van der Waals surface area contributed by atoms with Gasteiger partial charge in [-0.1, -0.05) is 38.5 Å². The number of anilines is 2. The first-order valence-electron chi connectivity index (χ1n) is 7.53. The molecule has 0 aliphatic carbocycles. The van der Waals surface area contributed by atoms with Crippen LogP contribution in [0, 0.1) is 12.8 Å². The molecule has 0 radical (unpaired) electrons. The lowest BCUT2D eigenvalue weighted by molar-refractivity contribution is 0.102. The molecule has 1 atom stereocenters. The molecule has 0 spiro atoms. The molecule has 2 rings (SSSR count). The van der Waals surface area contributed by atoms with Gasteiger partial charge < -0.3 is 10.6 Å². The van der Waals surface area contributed by atoms with Crippen LogP contribution in [0.5, 0.6) is 0 Å². The molecule has 0 bridgehead atoms. The van der Waals surface area contributed by atoms with Crippen LogP contribution in [0.15, 0.2) is 36.7 Å².